The van der Waals surface area contributed by atoms with Gasteiger partial charge in [0.2, 0.25) is 0 Å². The summed E-state index contributed by atoms with van der Waals surface area (Å²) >= 11 is 0. The maximum Gasteiger partial charge on any atom is 0.0724 e. The fraction of sp³-hybridized carbons (Fsp3) is 0.273. The number of anilines is 2. The molecule has 0 saturated heterocycles. The van der Waals surface area contributed by atoms with Crippen LogP contribution in [0, 0.1) is 13.8 Å². The molecule has 0 amide bonds. The van der Waals surface area contributed by atoms with Gasteiger partial charge in [-0.3, -0.25) is 0 Å². The summed E-state index contributed by atoms with van der Waals surface area (Å²) in [4.78, 5) is 0. The number of rotatable bonds is 4. The van der Waals surface area contributed by atoms with Crippen LogP contribution in [0.25, 0.3) is 11.1 Å². The van der Waals surface area contributed by atoms with E-state index in [0.717, 1.165) is 11.4 Å². The van der Waals surface area contributed by atoms with Gasteiger partial charge in [-0.15, -0.1) is 0 Å². The Morgan fingerprint density at radius 2 is 0.943 bits per heavy atom. The maximum atomic E-state index is 6.45. The Bertz CT molecular complexity index is 1330. The van der Waals surface area contributed by atoms with Crippen LogP contribution in [-0.4, -0.2) is 0 Å². The first-order valence-corrected chi connectivity index (χ1v) is 12.7. The molecule has 0 fully saturated rings. The molecule has 5 rings (SSSR count). The Kier molecular flexibility index (Phi) is 5.51. The summed E-state index contributed by atoms with van der Waals surface area (Å²) in [5, 5.41) is 0. The second kappa shape index (κ2) is 8.30. The number of benzene rings is 4. The molecule has 0 saturated carbocycles. The van der Waals surface area contributed by atoms with E-state index in [1.165, 1.54) is 55.6 Å². The second-order valence-corrected chi connectivity index (χ2v) is 10.8. The maximum absolute atomic E-state index is 6.45. The number of hydrogen-bond donors (Lipinski definition) is 2. The van der Waals surface area contributed by atoms with Crippen LogP contribution in [0.15, 0.2) is 72.8 Å². The highest BCUT2D eigenvalue weighted by atomic mass is 14.6. The van der Waals surface area contributed by atoms with Gasteiger partial charge in [0.05, 0.1) is 5.41 Å². The van der Waals surface area contributed by atoms with Crippen LogP contribution in [0.5, 0.6) is 0 Å². The Morgan fingerprint density at radius 3 is 1.31 bits per heavy atom. The molecule has 0 atom stereocenters. The Labute approximate surface area is 210 Å². The lowest BCUT2D eigenvalue weighted by Crippen LogP contribution is -2.34. The first-order chi connectivity index (χ1) is 16.7. The number of nitrogen functional groups attached to an aromatic ring is 2. The van der Waals surface area contributed by atoms with Gasteiger partial charge in [-0.05, 0) is 106 Å². The van der Waals surface area contributed by atoms with Crippen molar-refractivity contribution in [2.45, 2.75) is 58.8 Å². The Balaban J connectivity index is 2.10. The highest BCUT2D eigenvalue weighted by Crippen LogP contribution is 2.60. The molecule has 0 aromatic heterocycles. The molecular formula is C33H36N2. The summed E-state index contributed by atoms with van der Waals surface area (Å²) in [6.07, 6.45) is 0. The van der Waals surface area contributed by atoms with Crippen LogP contribution < -0.4 is 11.5 Å². The van der Waals surface area contributed by atoms with Gasteiger partial charge in [0.25, 0.3) is 0 Å². The predicted molar refractivity (Wildman–Crippen MR) is 150 cm³/mol. The summed E-state index contributed by atoms with van der Waals surface area (Å²) in [5.41, 5.74) is 27.1. The minimum atomic E-state index is -0.456. The molecule has 2 heteroatoms. The molecule has 0 aliphatic heterocycles. The fourth-order valence-corrected chi connectivity index (χ4v) is 6.52. The summed E-state index contributed by atoms with van der Waals surface area (Å²) in [7, 11) is 0. The van der Waals surface area contributed by atoms with E-state index in [0.29, 0.717) is 11.8 Å². The van der Waals surface area contributed by atoms with E-state index in [1.807, 2.05) is 0 Å². The first-order valence-electron chi connectivity index (χ1n) is 12.7. The fourth-order valence-electron chi connectivity index (χ4n) is 6.52. The van der Waals surface area contributed by atoms with E-state index in [4.69, 9.17) is 11.5 Å². The van der Waals surface area contributed by atoms with E-state index < -0.39 is 5.41 Å². The lowest BCUT2D eigenvalue weighted by atomic mass is 9.61. The molecule has 0 heterocycles. The van der Waals surface area contributed by atoms with Crippen LogP contribution in [0.4, 0.5) is 11.4 Å². The largest absolute Gasteiger partial charge is 0.399 e. The third kappa shape index (κ3) is 3.31. The van der Waals surface area contributed by atoms with Crippen LogP contribution in [0.2, 0.25) is 0 Å². The SMILES string of the molecule is Cc1cc(N)cc(C(C)C)c1C1(c2c(C)cc(N)cc2C(C)C)c2ccccc2-c2ccccc21. The van der Waals surface area contributed by atoms with Crippen molar-refractivity contribution in [3.05, 3.63) is 117 Å². The minimum absolute atomic E-state index is 0.320. The van der Waals surface area contributed by atoms with Crippen LogP contribution in [0.1, 0.15) is 84.0 Å². The molecule has 35 heavy (non-hydrogen) atoms. The highest BCUT2D eigenvalue weighted by Gasteiger charge is 2.49. The van der Waals surface area contributed by atoms with Crippen LogP contribution in [0.3, 0.4) is 0 Å². The van der Waals surface area contributed by atoms with Gasteiger partial charge in [-0.1, -0.05) is 76.2 Å². The van der Waals surface area contributed by atoms with Crippen LogP contribution >= 0.6 is 0 Å². The van der Waals surface area contributed by atoms with Crippen molar-refractivity contribution < 1.29 is 0 Å². The van der Waals surface area contributed by atoms with Gasteiger partial charge >= 0.3 is 0 Å². The van der Waals surface area contributed by atoms with Gasteiger partial charge in [0.15, 0.2) is 0 Å². The number of hydrogen-bond acceptors (Lipinski definition) is 2. The summed E-state index contributed by atoms with van der Waals surface area (Å²) < 4.78 is 0. The third-order valence-corrected chi connectivity index (χ3v) is 7.72. The summed E-state index contributed by atoms with van der Waals surface area (Å²) in [6, 6.07) is 26.6. The van der Waals surface area contributed by atoms with E-state index in [2.05, 4.69) is 114 Å². The van der Waals surface area contributed by atoms with Crippen molar-refractivity contribution in [1.29, 1.82) is 0 Å². The number of aryl methyl sites for hydroxylation is 2. The zero-order chi connectivity index (χ0) is 25.1. The Hall–Kier alpha value is -3.52. The molecular weight excluding hydrogens is 424 g/mol. The van der Waals surface area contributed by atoms with Crippen molar-refractivity contribution in [1.82, 2.24) is 0 Å². The highest BCUT2D eigenvalue weighted by molar-refractivity contribution is 5.88. The van der Waals surface area contributed by atoms with E-state index >= 15 is 0 Å². The normalized spacial score (nSPS) is 13.8. The van der Waals surface area contributed by atoms with Gasteiger partial charge in [0, 0.05) is 11.4 Å². The van der Waals surface area contributed by atoms with Crippen molar-refractivity contribution in [2.24, 2.45) is 0 Å². The average Bonchev–Trinajstić information content (AvgIpc) is 3.09. The average molecular weight is 461 g/mol. The van der Waals surface area contributed by atoms with Gasteiger partial charge in [-0.25, -0.2) is 0 Å². The molecule has 4 aromatic carbocycles. The first kappa shape index (κ1) is 23.2. The van der Waals surface area contributed by atoms with Crippen molar-refractivity contribution in [2.75, 3.05) is 11.5 Å². The number of nitrogens with two attached hydrogens (primary N) is 2. The number of fused-ring (bicyclic) bond motifs is 3. The monoisotopic (exact) mass is 460 g/mol. The summed E-state index contributed by atoms with van der Waals surface area (Å²) in [6.45, 7) is 13.6. The smallest absolute Gasteiger partial charge is 0.0724 e. The molecule has 0 radical (unpaired) electrons. The second-order valence-electron chi connectivity index (χ2n) is 10.8. The molecule has 4 aromatic rings. The van der Waals surface area contributed by atoms with Crippen LogP contribution in [-0.2, 0) is 5.41 Å². The molecule has 4 N–H and O–H groups in total. The van der Waals surface area contributed by atoms with Gasteiger partial charge in [-0.2, -0.15) is 0 Å². The van der Waals surface area contributed by atoms with Crippen molar-refractivity contribution >= 4 is 11.4 Å². The Morgan fingerprint density at radius 1 is 0.571 bits per heavy atom. The molecule has 0 unspecified atom stereocenters. The lowest BCUT2D eigenvalue weighted by molar-refractivity contribution is 0.696. The lowest BCUT2D eigenvalue weighted by Gasteiger charge is -2.40. The molecule has 1 aliphatic carbocycles. The standard InChI is InChI=1S/C33H36N2/c1-19(2)27-17-23(34)15-21(5)31(27)33(32-22(6)16-24(35)18-28(32)20(3)4)29-13-9-7-11-25(29)26-12-8-10-14-30(26)33/h7-20H,34-35H2,1-6H3. The van der Waals surface area contributed by atoms with Crippen molar-refractivity contribution in [3.63, 3.8) is 0 Å². The van der Waals surface area contributed by atoms with E-state index in [1.54, 1.807) is 0 Å². The van der Waals surface area contributed by atoms with Crippen molar-refractivity contribution in [3.8, 4) is 11.1 Å². The molecule has 0 spiro atoms. The summed E-state index contributed by atoms with van der Waals surface area (Å²) in [5.74, 6) is 0.640. The molecule has 1 aliphatic rings. The van der Waals surface area contributed by atoms with Gasteiger partial charge in [0.1, 0.15) is 0 Å². The zero-order valence-corrected chi connectivity index (χ0v) is 21.7. The zero-order valence-electron chi connectivity index (χ0n) is 21.7. The molecule has 178 valence electrons. The van der Waals surface area contributed by atoms with Gasteiger partial charge < -0.3 is 11.5 Å². The predicted octanol–water partition coefficient (Wildman–Crippen LogP) is 8.08. The van der Waals surface area contributed by atoms with E-state index in [-0.39, 0.29) is 0 Å². The molecule has 0 bridgehead atoms. The minimum Gasteiger partial charge on any atom is -0.399 e. The van der Waals surface area contributed by atoms with E-state index in [9.17, 15) is 0 Å². The topological polar surface area (TPSA) is 52.0 Å². The quantitative estimate of drug-likeness (QED) is 0.266. The molecule has 2 nitrogen and oxygen atoms in total. The third-order valence-electron chi connectivity index (χ3n) is 7.72.